The minimum atomic E-state index is 0.689. The van der Waals surface area contributed by atoms with Crippen molar-refractivity contribution in [2.45, 2.75) is 6.92 Å². The molecule has 0 aliphatic rings. The zero-order chi connectivity index (χ0) is 15.8. The molecule has 0 aliphatic heterocycles. The Labute approximate surface area is 130 Å². The van der Waals surface area contributed by atoms with E-state index in [4.69, 9.17) is 17.0 Å². The molecular formula is C17H18ClN3. The summed E-state index contributed by atoms with van der Waals surface area (Å²) in [5.41, 5.74) is 4.65. The molecule has 3 N–H and O–H groups in total. The molecule has 2 aromatic rings. The Bertz CT molecular complexity index is 648. The lowest BCUT2D eigenvalue weighted by molar-refractivity contribution is 1.44. The van der Waals surface area contributed by atoms with Crippen LogP contribution in [-0.2, 0) is 0 Å². The molecule has 3 nitrogen and oxygen atoms in total. The minimum absolute atomic E-state index is 0.689. The van der Waals surface area contributed by atoms with Gasteiger partial charge >= 0.3 is 0 Å². The monoisotopic (exact) mass is 299 g/mol. The normalized spacial score (nSPS) is 9.19. The third-order valence-electron chi connectivity index (χ3n) is 2.88. The van der Waals surface area contributed by atoms with E-state index in [2.05, 4.69) is 23.5 Å². The van der Waals surface area contributed by atoms with E-state index in [1.807, 2.05) is 50.4 Å². The van der Waals surface area contributed by atoms with E-state index >= 15 is 0 Å². The van der Waals surface area contributed by atoms with Crippen molar-refractivity contribution < 1.29 is 0 Å². The first-order valence-electron chi connectivity index (χ1n) is 6.33. The molecule has 108 valence electrons. The molecule has 0 atom stereocenters. The summed E-state index contributed by atoms with van der Waals surface area (Å²) >= 11 is 6.19. The molecule has 0 amide bonds. The average Bonchev–Trinajstić information content (AvgIpc) is 2.52. The van der Waals surface area contributed by atoms with E-state index in [1.165, 1.54) is 6.21 Å². The number of terminal acetylenes is 1. The molecule has 0 spiro atoms. The molecule has 0 bridgehead atoms. The lowest BCUT2D eigenvalue weighted by Gasteiger charge is -2.12. The molecule has 0 aliphatic carbocycles. The summed E-state index contributed by atoms with van der Waals surface area (Å²) < 4.78 is 0. The van der Waals surface area contributed by atoms with Gasteiger partial charge in [0, 0.05) is 30.2 Å². The number of nitrogens with one attached hydrogen (secondary N) is 3. The van der Waals surface area contributed by atoms with Crippen LogP contribution in [0.25, 0.3) is 0 Å². The van der Waals surface area contributed by atoms with Gasteiger partial charge in [0.05, 0.1) is 10.7 Å². The first-order valence-corrected chi connectivity index (χ1v) is 6.70. The van der Waals surface area contributed by atoms with Crippen LogP contribution in [-0.4, -0.2) is 13.3 Å². The number of hydrogen-bond donors (Lipinski definition) is 3. The molecule has 0 heterocycles. The van der Waals surface area contributed by atoms with Crippen LogP contribution in [0, 0.1) is 25.2 Å². The second kappa shape index (κ2) is 7.98. The van der Waals surface area contributed by atoms with E-state index < -0.39 is 0 Å². The van der Waals surface area contributed by atoms with Crippen molar-refractivity contribution in [2.75, 3.05) is 17.7 Å². The zero-order valence-corrected chi connectivity index (χ0v) is 12.8. The van der Waals surface area contributed by atoms with Gasteiger partial charge < -0.3 is 16.0 Å². The van der Waals surface area contributed by atoms with Crippen LogP contribution < -0.4 is 10.6 Å². The van der Waals surface area contributed by atoms with Gasteiger partial charge in [0.1, 0.15) is 0 Å². The van der Waals surface area contributed by atoms with Crippen LogP contribution >= 0.6 is 11.6 Å². The van der Waals surface area contributed by atoms with E-state index in [1.54, 1.807) is 0 Å². The highest BCUT2D eigenvalue weighted by Gasteiger charge is 2.03. The number of halogens is 1. The third-order valence-corrected chi connectivity index (χ3v) is 3.19. The Morgan fingerprint density at radius 3 is 2.33 bits per heavy atom. The summed E-state index contributed by atoms with van der Waals surface area (Å²) in [5, 5.41) is 14.4. The number of benzene rings is 2. The van der Waals surface area contributed by atoms with Crippen molar-refractivity contribution in [1.82, 2.24) is 0 Å². The van der Waals surface area contributed by atoms with Crippen molar-refractivity contribution in [3.05, 3.63) is 52.5 Å². The number of anilines is 3. The van der Waals surface area contributed by atoms with Crippen LogP contribution in [0.3, 0.4) is 0 Å². The van der Waals surface area contributed by atoms with Crippen molar-refractivity contribution in [2.24, 2.45) is 0 Å². The van der Waals surface area contributed by atoms with Crippen LogP contribution in [0.1, 0.15) is 11.1 Å². The largest absolute Gasteiger partial charge is 0.388 e. The highest BCUT2D eigenvalue weighted by Crippen LogP contribution is 2.28. The molecule has 0 saturated heterocycles. The fourth-order valence-corrected chi connectivity index (χ4v) is 2.15. The fourth-order valence-electron chi connectivity index (χ4n) is 1.86. The predicted molar refractivity (Wildman–Crippen MR) is 93.2 cm³/mol. The van der Waals surface area contributed by atoms with Gasteiger partial charge in [0.25, 0.3) is 0 Å². The third kappa shape index (κ3) is 4.27. The number of rotatable bonds is 4. The maximum Gasteiger partial charge on any atom is 0.0643 e. The van der Waals surface area contributed by atoms with Crippen LogP contribution in [0.15, 0.2) is 36.4 Å². The summed E-state index contributed by atoms with van der Waals surface area (Å²) in [4.78, 5) is 0. The first kappa shape index (κ1) is 16.6. The molecule has 0 aromatic heterocycles. The molecule has 2 aromatic carbocycles. The molecule has 2 rings (SSSR count). The van der Waals surface area contributed by atoms with Crippen molar-refractivity contribution in [3.8, 4) is 12.8 Å². The maximum atomic E-state index is 7.42. The molecule has 0 fully saturated rings. The van der Waals surface area contributed by atoms with Gasteiger partial charge in [0.2, 0.25) is 0 Å². The van der Waals surface area contributed by atoms with E-state index in [0.717, 1.165) is 28.2 Å². The smallest absolute Gasteiger partial charge is 0.0643 e. The Hall–Kier alpha value is -2.44. The van der Waals surface area contributed by atoms with E-state index in [-0.39, 0.29) is 0 Å². The Kier molecular flexibility index (Phi) is 6.32. The van der Waals surface area contributed by atoms with Gasteiger partial charge in [-0.25, -0.2) is 0 Å². The van der Waals surface area contributed by atoms with Gasteiger partial charge in [0.15, 0.2) is 0 Å². The molecule has 21 heavy (non-hydrogen) atoms. The average molecular weight is 300 g/mol. The molecular weight excluding hydrogens is 282 g/mol. The van der Waals surface area contributed by atoms with Gasteiger partial charge in [-0.1, -0.05) is 17.7 Å². The Balaban J connectivity index is 0.00000106. The fraction of sp³-hybridized carbons (Fsp3) is 0.118. The molecule has 0 unspecified atom stereocenters. The molecule has 0 radical (unpaired) electrons. The van der Waals surface area contributed by atoms with Gasteiger partial charge in [-0.3, -0.25) is 0 Å². The summed E-state index contributed by atoms with van der Waals surface area (Å²) in [6.07, 6.45) is 9.33. The van der Waals surface area contributed by atoms with Gasteiger partial charge in [-0.05, 0) is 42.8 Å². The predicted octanol–water partition coefficient (Wildman–Crippen LogP) is 4.68. The second-order valence-electron chi connectivity index (χ2n) is 4.30. The second-order valence-corrected chi connectivity index (χ2v) is 4.71. The zero-order valence-electron chi connectivity index (χ0n) is 12.1. The number of aryl methyl sites for hydroxylation is 1. The van der Waals surface area contributed by atoms with Crippen molar-refractivity contribution in [3.63, 3.8) is 0 Å². The maximum absolute atomic E-state index is 7.42. The van der Waals surface area contributed by atoms with Crippen LogP contribution in [0.2, 0.25) is 5.02 Å². The summed E-state index contributed by atoms with van der Waals surface area (Å²) in [6, 6.07) is 11.7. The quantitative estimate of drug-likeness (QED) is 0.567. The topological polar surface area (TPSA) is 47.9 Å². The van der Waals surface area contributed by atoms with Gasteiger partial charge in [-0.2, -0.15) is 0 Å². The first-order chi connectivity index (χ1) is 10.1. The van der Waals surface area contributed by atoms with Crippen molar-refractivity contribution in [1.29, 1.82) is 5.41 Å². The van der Waals surface area contributed by atoms with E-state index in [9.17, 15) is 0 Å². The standard InChI is InChI=1S/C15H16ClN3.C2H2/c1-10-3-5-15(13(16)7-10)19-12-4-6-14(18-2)11(8-12)9-17;1-2/h3-9,17-19H,1-2H3;1-2H. The molecule has 4 heteroatoms. The van der Waals surface area contributed by atoms with Crippen LogP contribution in [0.4, 0.5) is 17.1 Å². The number of hydrogen-bond acceptors (Lipinski definition) is 3. The highest BCUT2D eigenvalue weighted by molar-refractivity contribution is 6.33. The van der Waals surface area contributed by atoms with Crippen molar-refractivity contribution >= 4 is 34.9 Å². The summed E-state index contributed by atoms with van der Waals surface area (Å²) in [5.74, 6) is 0. The lowest BCUT2D eigenvalue weighted by atomic mass is 10.1. The Morgan fingerprint density at radius 1 is 1.10 bits per heavy atom. The Morgan fingerprint density at radius 2 is 1.76 bits per heavy atom. The summed E-state index contributed by atoms with van der Waals surface area (Å²) in [6.45, 7) is 2.00. The van der Waals surface area contributed by atoms with Crippen LogP contribution in [0.5, 0.6) is 0 Å². The molecule has 0 saturated carbocycles. The lowest BCUT2D eigenvalue weighted by Crippen LogP contribution is -1.97. The van der Waals surface area contributed by atoms with Gasteiger partial charge in [-0.15, -0.1) is 12.8 Å². The highest BCUT2D eigenvalue weighted by atomic mass is 35.5. The van der Waals surface area contributed by atoms with E-state index in [0.29, 0.717) is 5.02 Å². The summed E-state index contributed by atoms with van der Waals surface area (Å²) in [7, 11) is 1.84. The SMILES string of the molecule is C#C.CNc1ccc(Nc2ccc(C)cc2Cl)cc1C=N. The minimum Gasteiger partial charge on any atom is -0.388 e.